The minimum atomic E-state index is -0.319. The number of aryl methyl sites for hydroxylation is 2. The molecule has 7 heteroatoms. The summed E-state index contributed by atoms with van der Waals surface area (Å²) in [7, 11) is 0. The Morgan fingerprint density at radius 1 is 1.06 bits per heavy atom. The van der Waals surface area contributed by atoms with E-state index in [1.165, 1.54) is 6.07 Å². The zero-order valence-corrected chi connectivity index (χ0v) is 19.3. The van der Waals surface area contributed by atoms with Gasteiger partial charge in [0.25, 0.3) is 5.91 Å². The molecule has 1 N–H and O–H groups in total. The van der Waals surface area contributed by atoms with Crippen LogP contribution in [0.25, 0.3) is 0 Å². The number of carbonyl (C=O) groups excluding carboxylic acids is 2. The minimum absolute atomic E-state index is 0.0735. The van der Waals surface area contributed by atoms with Crippen molar-refractivity contribution in [2.75, 3.05) is 16.0 Å². The molecular weight excluding hydrogens is 451 g/mol. The number of thioether (sulfide) groups is 1. The second kappa shape index (κ2) is 8.95. The summed E-state index contributed by atoms with van der Waals surface area (Å²) in [6.07, 6.45) is 0. The maximum absolute atomic E-state index is 12.7. The van der Waals surface area contributed by atoms with Crippen LogP contribution in [-0.2, 0) is 4.79 Å². The van der Waals surface area contributed by atoms with Crippen molar-refractivity contribution in [3.05, 3.63) is 93.0 Å². The summed E-state index contributed by atoms with van der Waals surface area (Å²) in [4.78, 5) is 27.2. The Balaban J connectivity index is 1.61. The van der Waals surface area contributed by atoms with Gasteiger partial charge in [-0.2, -0.15) is 0 Å². The predicted octanol–water partition coefficient (Wildman–Crippen LogP) is 6.64. The van der Waals surface area contributed by atoms with Gasteiger partial charge < -0.3 is 5.32 Å². The second-order valence-electron chi connectivity index (χ2n) is 7.42. The first-order chi connectivity index (χ1) is 14.8. The van der Waals surface area contributed by atoms with Crippen molar-refractivity contribution in [1.82, 2.24) is 0 Å². The van der Waals surface area contributed by atoms with E-state index in [4.69, 9.17) is 23.2 Å². The molecule has 158 valence electrons. The van der Waals surface area contributed by atoms with E-state index in [0.717, 1.165) is 22.4 Å². The molecule has 0 saturated carbocycles. The van der Waals surface area contributed by atoms with Gasteiger partial charge in [-0.15, -0.1) is 11.8 Å². The van der Waals surface area contributed by atoms with Gasteiger partial charge in [0.1, 0.15) is 5.37 Å². The molecule has 1 heterocycles. The number of anilines is 2. The Hall–Kier alpha value is -2.47. The number of hydrogen-bond donors (Lipinski definition) is 1. The standard InChI is InChI=1S/C24H20Cl2N2O2S/c1-14-6-9-21(15(2)10-14)28-22(29)13-31-24(28)16-4-3-5-18(11-16)27-23(30)19-8-7-17(25)12-20(19)26/h3-12,24H,13H2,1-2H3,(H,27,30)/t24-/m0/s1. The normalized spacial score (nSPS) is 15.9. The molecular formula is C24H20Cl2N2O2S. The minimum Gasteiger partial charge on any atom is -0.322 e. The topological polar surface area (TPSA) is 49.4 Å². The third kappa shape index (κ3) is 4.59. The van der Waals surface area contributed by atoms with Crippen LogP contribution in [0.2, 0.25) is 10.0 Å². The SMILES string of the molecule is Cc1ccc(N2C(=O)CS[C@H]2c2cccc(NC(=O)c3ccc(Cl)cc3Cl)c2)c(C)c1. The Morgan fingerprint density at radius 2 is 1.87 bits per heavy atom. The van der Waals surface area contributed by atoms with E-state index < -0.39 is 0 Å². The van der Waals surface area contributed by atoms with E-state index in [1.54, 1.807) is 23.9 Å². The summed E-state index contributed by atoms with van der Waals surface area (Å²) in [5.41, 5.74) is 5.04. The summed E-state index contributed by atoms with van der Waals surface area (Å²) in [5, 5.41) is 3.49. The van der Waals surface area contributed by atoms with Crippen LogP contribution in [0.4, 0.5) is 11.4 Å². The smallest absolute Gasteiger partial charge is 0.257 e. The first-order valence-electron chi connectivity index (χ1n) is 9.71. The van der Waals surface area contributed by atoms with Crippen molar-refractivity contribution in [1.29, 1.82) is 0 Å². The highest BCUT2D eigenvalue weighted by molar-refractivity contribution is 8.00. The summed E-state index contributed by atoms with van der Waals surface area (Å²) in [6.45, 7) is 4.05. The number of carbonyl (C=O) groups is 2. The van der Waals surface area contributed by atoms with Gasteiger partial charge in [-0.1, -0.05) is 53.0 Å². The largest absolute Gasteiger partial charge is 0.322 e. The van der Waals surface area contributed by atoms with E-state index in [-0.39, 0.29) is 17.2 Å². The van der Waals surface area contributed by atoms with E-state index >= 15 is 0 Å². The lowest BCUT2D eigenvalue weighted by Gasteiger charge is -2.26. The fourth-order valence-electron chi connectivity index (χ4n) is 3.65. The molecule has 4 nitrogen and oxygen atoms in total. The Morgan fingerprint density at radius 3 is 2.61 bits per heavy atom. The lowest BCUT2D eigenvalue weighted by molar-refractivity contribution is -0.115. The molecule has 1 aliphatic heterocycles. The molecule has 31 heavy (non-hydrogen) atoms. The van der Waals surface area contributed by atoms with Gasteiger partial charge in [0.2, 0.25) is 5.91 Å². The van der Waals surface area contributed by atoms with E-state index in [2.05, 4.69) is 11.4 Å². The van der Waals surface area contributed by atoms with Crippen LogP contribution in [0, 0.1) is 13.8 Å². The van der Waals surface area contributed by atoms with Crippen molar-refractivity contribution in [3.63, 3.8) is 0 Å². The van der Waals surface area contributed by atoms with Crippen LogP contribution in [0.15, 0.2) is 60.7 Å². The first kappa shape index (κ1) is 21.8. The van der Waals surface area contributed by atoms with Gasteiger partial charge in [-0.3, -0.25) is 14.5 Å². The molecule has 1 saturated heterocycles. The Kier molecular flexibility index (Phi) is 6.28. The fourth-order valence-corrected chi connectivity index (χ4v) is 5.30. The van der Waals surface area contributed by atoms with Crippen LogP contribution < -0.4 is 10.2 Å². The van der Waals surface area contributed by atoms with Crippen molar-refractivity contribution >= 4 is 58.2 Å². The number of nitrogens with one attached hydrogen (secondary N) is 1. The van der Waals surface area contributed by atoms with Crippen LogP contribution in [0.5, 0.6) is 0 Å². The van der Waals surface area contributed by atoms with Gasteiger partial charge in [0.15, 0.2) is 0 Å². The lowest BCUT2D eigenvalue weighted by Crippen LogP contribution is -2.28. The van der Waals surface area contributed by atoms with E-state index in [1.807, 2.05) is 55.1 Å². The molecule has 0 bridgehead atoms. The number of benzene rings is 3. The van der Waals surface area contributed by atoms with Gasteiger partial charge in [-0.25, -0.2) is 0 Å². The quantitative estimate of drug-likeness (QED) is 0.464. The summed E-state index contributed by atoms with van der Waals surface area (Å²) < 4.78 is 0. The first-order valence-corrected chi connectivity index (χ1v) is 11.5. The zero-order valence-electron chi connectivity index (χ0n) is 17.0. The summed E-state index contributed by atoms with van der Waals surface area (Å²) in [5.74, 6) is 0.166. The average molecular weight is 471 g/mol. The number of amides is 2. The molecule has 3 aromatic carbocycles. The number of halogens is 2. The highest BCUT2D eigenvalue weighted by Crippen LogP contribution is 2.43. The van der Waals surface area contributed by atoms with Gasteiger partial charge in [-0.05, 0) is 61.4 Å². The summed E-state index contributed by atoms with van der Waals surface area (Å²) in [6, 6.07) is 18.4. The molecule has 1 aliphatic rings. The highest BCUT2D eigenvalue weighted by Gasteiger charge is 2.34. The predicted molar refractivity (Wildman–Crippen MR) is 129 cm³/mol. The summed E-state index contributed by atoms with van der Waals surface area (Å²) >= 11 is 13.7. The van der Waals surface area contributed by atoms with Crippen LogP contribution in [0.1, 0.15) is 32.4 Å². The third-order valence-corrected chi connectivity index (χ3v) is 6.85. The molecule has 2 amide bonds. The average Bonchev–Trinajstić information content (AvgIpc) is 3.09. The molecule has 0 aliphatic carbocycles. The molecule has 0 radical (unpaired) electrons. The number of nitrogens with zero attached hydrogens (tertiary/aromatic N) is 1. The van der Waals surface area contributed by atoms with Gasteiger partial charge >= 0.3 is 0 Å². The van der Waals surface area contributed by atoms with E-state index in [0.29, 0.717) is 27.0 Å². The number of hydrogen-bond acceptors (Lipinski definition) is 3. The molecule has 0 spiro atoms. The van der Waals surface area contributed by atoms with Crippen molar-refractivity contribution < 1.29 is 9.59 Å². The molecule has 0 unspecified atom stereocenters. The Bertz CT molecular complexity index is 1180. The lowest BCUT2D eigenvalue weighted by atomic mass is 10.1. The second-order valence-corrected chi connectivity index (χ2v) is 9.33. The molecule has 3 aromatic rings. The van der Waals surface area contributed by atoms with Crippen LogP contribution in [0.3, 0.4) is 0 Å². The molecule has 1 fully saturated rings. The maximum Gasteiger partial charge on any atom is 0.257 e. The van der Waals surface area contributed by atoms with E-state index in [9.17, 15) is 9.59 Å². The van der Waals surface area contributed by atoms with Crippen LogP contribution >= 0.6 is 35.0 Å². The van der Waals surface area contributed by atoms with Crippen molar-refractivity contribution in [2.45, 2.75) is 19.2 Å². The van der Waals surface area contributed by atoms with Crippen molar-refractivity contribution in [2.24, 2.45) is 0 Å². The monoisotopic (exact) mass is 470 g/mol. The molecule has 1 atom stereocenters. The number of rotatable bonds is 4. The van der Waals surface area contributed by atoms with Crippen LogP contribution in [-0.4, -0.2) is 17.6 Å². The zero-order chi connectivity index (χ0) is 22.1. The fraction of sp³-hybridized carbons (Fsp3) is 0.167. The van der Waals surface area contributed by atoms with Crippen molar-refractivity contribution in [3.8, 4) is 0 Å². The maximum atomic E-state index is 12.7. The highest BCUT2D eigenvalue weighted by atomic mass is 35.5. The van der Waals surface area contributed by atoms with Gasteiger partial charge in [0.05, 0.1) is 16.3 Å². The molecule has 0 aromatic heterocycles. The van der Waals surface area contributed by atoms with Gasteiger partial charge in [0, 0.05) is 16.4 Å². The third-order valence-electron chi connectivity index (χ3n) is 5.09. The molecule has 4 rings (SSSR count). The Labute approximate surface area is 195 Å².